The highest BCUT2D eigenvalue weighted by atomic mass is 32.2. The fourth-order valence-electron chi connectivity index (χ4n) is 4.29. The number of pyridine rings is 2. The van der Waals surface area contributed by atoms with Crippen molar-refractivity contribution in [3.63, 3.8) is 0 Å². The molecule has 2 aliphatic rings. The smallest absolute Gasteiger partial charge is 0.343 e. The van der Waals surface area contributed by atoms with Gasteiger partial charge in [0.1, 0.15) is 6.61 Å². The van der Waals surface area contributed by atoms with Gasteiger partial charge in [0.15, 0.2) is 5.60 Å². The van der Waals surface area contributed by atoms with E-state index in [0.717, 1.165) is 27.9 Å². The second-order valence-electron chi connectivity index (χ2n) is 7.56. The second kappa shape index (κ2) is 6.43. The predicted octanol–water partition coefficient (Wildman–Crippen LogP) is 2.94. The number of carbonyl (C=O) groups is 1. The molecule has 1 aromatic carbocycles. The molecule has 0 fully saturated rings. The highest BCUT2D eigenvalue weighted by molar-refractivity contribution is 7.97. The molecule has 0 radical (unpaired) electrons. The van der Waals surface area contributed by atoms with Gasteiger partial charge in [0.05, 0.1) is 29.0 Å². The van der Waals surface area contributed by atoms with E-state index in [1.165, 1.54) is 5.56 Å². The number of rotatable bonds is 3. The van der Waals surface area contributed by atoms with Crippen molar-refractivity contribution in [2.45, 2.75) is 37.9 Å². The van der Waals surface area contributed by atoms with Crippen molar-refractivity contribution in [1.29, 1.82) is 0 Å². The molecule has 7 heteroatoms. The van der Waals surface area contributed by atoms with Crippen molar-refractivity contribution < 1.29 is 14.6 Å². The van der Waals surface area contributed by atoms with Gasteiger partial charge in [0.25, 0.3) is 5.56 Å². The zero-order valence-corrected chi connectivity index (χ0v) is 17.0. The number of ether oxygens (including phenoxy) is 1. The lowest BCUT2D eigenvalue weighted by Crippen LogP contribution is -2.44. The van der Waals surface area contributed by atoms with Gasteiger partial charge >= 0.3 is 5.97 Å². The zero-order chi connectivity index (χ0) is 20.3. The van der Waals surface area contributed by atoms with Gasteiger partial charge in [0, 0.05) is 22.3 Å². The summed E-state index contributed by atoms with van der Waals surface area (Å²) in [7, 11) is 0. The van der Waals surface area contributed by atoms with Crippen LogP contribution in [0.3, 0.4) is 0 Å². The molecule has 148 valence electrons. The molecular formula is C22H20N2O4S. The van der Waals surface area contributed by atoms with Gasteiger partial charge in [-0.25, -0.2) is 9.78 Å². The molecule has 2 aliphatic heterocycles. The Bertz CT molecular complexity index is 1250. The summed E-state index contributed by atoms with van der Waals surface area (Å²) in [6, 6.07) is 10.0. The van der Waals surface area contributed by atoms with Crippen LogP contribution in [-0.4, -0.2) is 26.9 Å². The first-order valence-corrected chi connectivity index (χ1v) is 10.9. The van der Waals surface area contributed by atoms with Crippen LogP contribution in [0.4, 0.5) is 0 Å². The van der Waals surface area contributed by atoms with E-state index in [1.54, 1.807) is 29.3 Å². The standard InChI is InChI=1S/C22H20N2O4S/c1-3-22(27)16-8-18-19-14(9-24(18)20(25)15(16)10-28-21(22)26)7-13-6-12(11-29-2)4-5-17(13)23-19/h4-8,27H,3,9-11H2,1-2H3/t22-/m0/s1. The van der Waals surface area contributed by atoms with Crippen LogP contribution in [-0.2, 0) is 34.0 Å². The topological polar surface area (TPSA) is 81.4 Å². The molecule has 0 saturated carbocycles. The molecule has 0 unspecified atom stereocenters. The van der Waals surface area contributed by atoms with Crippen LogP contribution in [0.2, 0.25) is 0 Å². The SMILES string of the molecule is CC[C@@]1(O)C(=O)OCc2c1cc1n(c2=O)Cc2cc3cc(CSC)ccc3nc2-1. The summed E-state index contributed by atoms with van der Waals surface area (Å²) in [5.74, 6) is 0.228. The third-order valence-electron chi connectivity index (χ3n) is 5.88. The van der Waals surface area contributed by atoms with Gasteiger partial charge in [0.2, 0.25) is 0 Å². The molecule has 0 amide bonds. The second-order valence-corrected chi connectivity index (χ2v) is 8.43. The molecule has 4 heterocycles. The number of aromatic nitrogens is 2. The number of thioether (sulfide) groups is 1. The quantitative estimate of drug-likeness (QED) is 0.525. The minimum atomic E-state index is -1.80. The minimum absolute atomic E-state index is 0.112. The molecule has 0 spiro atoms. The Morgan fingerprint density at radius 3 is 2.86 bits per heavy atom. The summed E-state index contributed by atoms with van der Waals surface area (Å²) in [4.78, 5) is 30.2. The van der Waals surface area contributed by atoms with Crippen LogP contribution in [0.5, 0.6) is 0 Å². The van der Waals surface area contributed by atoms with E-state index in [-0.39, 0.29) is 18.6 Å². The normalized spacial score (nSPS) is 19.6. The Balaban J connectivity index is 1.72. The molecule has 1 N–H and O–H groups in total. The number of nitrogens with zero attached hydrogens (tertiary/aromatic N) is 2. The van der Waals surface area contributed by atoms with Crippen LogP contribution in [0.15, 0.2) is 35.1 Å². The maximum Gasteiger partial charge on any atom is 0.343 e. The van der Waals surface area contributed by atoms with E-state index in [9.17, 15) is 14.7 Å². The third kappa shape index (κ3) is 2.57. The molecule has 5 rings (SSSR count). The first-order chi connectivity index (χ1) is 14.0. The summed E-state index contributed by atoms with van der Waals surface area (Å²) in [6.07, 6.45) is 2.21. The number of hydrogen-bond acceptors (Lipinski definition) is 6. The fraction of sp³-hybridized carbons (Fsp3) is 0.318. The highest BCUT2D eigenvalue weighted by Crippen LogP contribution is 2.38. The number of esters is 1. The maximum absolute atomic E-state index is 13.1. The molecule has 0 saturated heterocycles. The molecule has 2 aromatic heterocycles. The van der Waals surface area contributed by atoms with E-state index >= 15 is 0 Å². The van der Waals surface area contributed by atoms with Crippen molar-refractivity contribution in [3.05, 3.63) is 62.9 Å². The number of aliphatic hydroxyl groups is 1. The first kappa shape index (κ1) is 18.4. The van der Waals surface area contributed by atoms with Crippen LogP contribution in [0, 0.1) is 0 Å². The number of carbonyl (C=O) groups excluding carboxylic acids is 1. The maximum atomic E-state index is 13.1. The van der Waals surface area contributed by atoms with Crippen molar-refractivity contribution in [2.75, 3.05) is 6.26 Å². The number of fused-ring (bicyclic) bond motifs is 5. The summed E-state index contributed by atoms with van der Waals surface area (Å²) in [5, 5.41) is 12.0. The van der Waals surface area contributed by atoms with E-state index in [1.807, 2.05) is 6.07 Å². The molecular weight excluding hydrogens is 388 g/mol. The summed E-state index contributed by atoms with van der Waals surface area (Å²) in [5.41, 5.74) is 3.08. The molecule has 1 atom stereocenters. The van der Waals surface area contributed by atoms with Crippen molar-refractivity contribution >= 4 is 28.6 Å². The van der Waals surface area contributed by atoms with Crippen LogP contribution >= 0.6 is 11.8 Å². The van der Waals surface area contributed by atoms with Crippen molar-refractivity contribution in [3.8, 4) is 11.4 Å². The predicted molar refractivity (Wildman–Crippen MR) is 112 cm³/mol. The fourth-order valence-corrected chi connectivity index (χ4v) is 4.80. The Morgan fingerprint density at radius 2 is 2.10 bits per heavy atom. The van der Waals surface area contributed by atoms with Gasteiger partial charge in [-0.15, -0.1) is 0 Å². The number of benzene rings is 1. The lowest BCUT2D eigenvalue weighted by Gasteiger charge is -2.31. The Kier molecular flexibility index (Phi) is 4.08. The van der Waals surface area contributed by atoms with Crippen LogP contribution in [0.1, 0.15) is 35.6 Å². The molecule has 29 heavy (non-hydrogen) atoms. The summed E-state index contributed by atoms with van der Waals surface area (Å²) >= 11 is 1.77. The van der Waals surface area contributed by atoms with Crippen LogP contribution in [0.25, 0.3) is 22.3 Å². The van der Waals surface area contributed by atoms with Gasteiger partial charge in [-0.2, -0.15) is 11.8 Å². The first-order valence-electron chi connectivity index (χ1n) is 9.55. The molecule has 6 nitrogen and oxygen atoms in total. The highest BCUT2D eigenvalue weighted by Gasteiger charge is 2.45. The van der Waals surface area contributed by atoms with Crippen molar-refractivity contribution in [2.24, 2.45) is 0 Å². The summed E-state index contributed by atoms with van der Waals surface area (Å²) < 4.78 is 6.77. The van der Waals surface area contributed by atoms with E-state index in [2.05, 4.69) is 24.5 Å². The lowest BCUT2D eigenvalue weighted by atomic mass is 9.86. The van der Waals surface area contributed by atoms with Gasteiger partial charge < -0.3 is 14.4 Å². The van der Waals surface area contributed by atoms with Crippen LogP contribution < -0.4 is 5.56 Å². The summed E-state index contributed by atoms with van der Waals surface area (Å²) in [6.45, 7) is 2.01. The molecule has 3 aromatic rings. The van der Waals surface area contributed by atoms with Gasteiger partial charge in [-0.05, 0) is 42.5 Å². The molecule has 0 aliphatic carbocycles. The Labute approximate surface area is 171 Å². The van der Waals surface area contributed by atoms with E-state index in [4.69, 9.17) is 9.72 Å². The third-order valence-corrected chi connectivity index (χ3v) is 6.50. The van der Waals surface area contributed by atoms with Crippen molar-refractivity contribution in [1.82, 2.24) is 9.55 Å². The lowest BCUT2D eigenvalue weighted by molar-refractivity contribution is -0.172. The average molecular weight is 408 g/mol. The number of cyclic esters (lactones) is 1. The van der Waals surface area contributed by atoms with E-state index < -0.39 is 11.6 Å². The van der Waals surface area contributed by atoms with Gasteiger partial charge in [-0.3, -0.25) is 4.79 Å². The Hall–Kier alpha value is -2.64. The minimum Gasteiger partial charge on any atom is -0.458 e. The largest absolute Gasteiger partial charge is 0.458 e. The monoisotopic (exact) mass is 408 g/mol. The van der Waals surface area contributed by atoms with E-state index in [0.29, 0.717) is 23.4 Å². The zero-order valence-electron chi connectivity index (χ0n) is 16.2. The van der Waals surface area contributed by atoms with Gasteiger partial charge in [-0.1, -0.05) is 13.0 Å². The molecule has 0 bridgehead atoms. The Morgan fingerprint density at radius 1 is 1.28 bits per heavy atom. The number of hydrogen-bond donors (Lipinski definition) is 1. The average Bonchev–Trinajstić information content (AvgIpc) is 3.07.